The van der Waals surface area contributed by atoms with E-state index in [1.807, 2.05) is 19.1 Å². The molecule has 0 saturated carbocycles. The highest BCUT2D eigenvalue weighted by Crippen LogP contribution is 2.18. The van der Waals surface area contributed by atoms with E-state index in [1.54, 1.807) is 0 Å². The lowest BCUT2D eigenvalue weighted by molar-refractivity contribution is 0.568. The predicted molar refractivity (Wildman–Crippen MR) is 71.5 cm³/mol. The third-order valence-electron chi connectivity index (χ3n) is 2.91. The molecule has 4 heteroatoms. The average Bonchev–Trinajstić information content (AvgIpc) is 2.37. The van der Waals surface area contributed by atoms with Crippen LogP contribution in [0.5, 0.6) is 0 Å². The zero-order valence-electron chi connectivity index (χ0n) is 10.4. The first-order chi connectivity index (χ1) is 8.29. The molecule has 0 aromatic carbocycles. The normalized spacial score (nSPS) is 15.7. The monoisotopic (exact) mass is 232 g/mol. The van der Waals surface area contributed by atoms with Gasteiger partial charge in [0.2, 0.25) is 5.95 Å². The quantitative estimate of drug-likeness (QED) is 0.809. The number of piperidine rings is 1. The Bertz CT molecular complexity index is 383. The molecule has 0 atom stereocenters. The number of rotatable bonds is 4. The number of anilines is 2. The second-order valence-corrected chi connectivity index (χ2v) is 4.41. The summed E-state index contributed by atoms with van der Waals surface area (Å²) in [6.07, 6.45) is 5.64. The van der Waals surface area contributed by atoms with E-state index in [0.29, 0.717) is 0 Å². The molecule has 0 bridgehead atoms. The summed E-state index contributed by atoms with van der Waals surface area (Å²) in [5, 5.41) is 3.22. The number of nitrogens with one attached hydrogen (secondary N) is 1. The van der Waals surface area contributed by atoms with Gasteiger partial charge >= 0.3 is 0 Å². The van der Waals surface area contributed by atoms with Crippen molar-refractivity contribution in [2.75, 3.05) is 29.9 Å². The van der Waals surface area contributed by atoms with Crippen LogP contribution in [0.4, 0.5) is 11.8 Å². The van der Waals surface area contributed by atoms with Crippen LogP contribution in [0.15, 0.2) is 18.7 Å². The summed E-state index contributed by atoms with van der Waals surface area (Å²) in [6.45, 7) is 8.58. The highest BCUT2D eigenvalue weighted by molar-refractivity contribution is 5.44. The first-order valence-electron chi connectivity index (χ1n) is 6.25. The Morgan fingerprint density at radius 3 is 2.82 bits per heavy atom. The Labute approximate surface area is 103 Å². The van der Waals surface area contributed by atoms with Crippen molar-refractivity contribution in [1.82, 2.24) is 9.97 Å². The minimum absolute atomic E-state index is 0.732. The molecule has 0 spiro atoms. The number of hydrogen-bond acceptors (Lipinski definition) is 4. The highest BCUT2D eigenvalue weighted by atomic mass is 15.3. The summed E-state index contributed by atoms with van der Waals surface area (Å²) in [5.74, 6) is 1.74. The molecule has 17 heavy (non-hydrogen) atoms. The van der Waals surface area contributed by atoms with Crippen molar-refractivity contribution in [3.05, 3.63) is 24.4 Å². The van der Waals surface area contributed by atoms with E-state index in [-0.39, 0.29) is 0 Å². The molecule has 1 aliphatic heterocycles. The van der Waals surface area contributed by atoms with Gasteiger partial charge in [-0.2, -0.15) is 4.98 Å². The lowest BCUT2D eigenvalue weighted by atomic mass is 10.1. The molecular formula is C13H20N4. The average molecular weight is 232 g/mol. The van der Waals surface area contributed by atoms with Crippen LogP contribution in [-0.4, -0.2) is 29.6 Å². The van der Waals surface area contributed by atoms with Gasteiger partial charge in [-0.1, -0.05) is 6.08 Å². The third kappa shape index (κ3) is 3.19. The molecule has 1 saturated heterocycles. The zero-order chi connectivity index (χ0) is 12.1. The third-order valence-corrected chi connectivity index (χ3v) is 2.91. The van der Waals surface area contributed by atoms with Gasteiger partial charge in [0, 0.05) is 31.4 Å². The molecular weight excluding hydrogens is 212 g/mol. The molecule has 1 aliphatic rings. The molecule has 2 rings (SSSR count). The maximum Gasteiger partial charge on any atom is 0.227 e. The van der Waals surface area contributed by atoms with Crippen molar-refractivity contribution in [2.24, 2.45) is 0 Å². The molecule has 1 N–H and O–H groups in total. The fourth-order valence-electron chi connectivity index (χ4n) is 2.06. The van der Waals surface area contributed by atoms with Gasteiger partial charge in [0.1, 0.15) is 5.82 Å². The second-order valence-electron chi connectivity index (χ2n) is 4.41. The van der Waals surface area contributed by atoms with Crippen LogP contribution in [0.1, 0.15) is 25.0 Å². The maximum absolute atomic E-state index is 4.55. The summed E-state index contributed by atoms with van der Waals surface area (Å²) in [6, 6.07) is 1.97. The smallest absolute Gasteiger partial charge is 0.227 e. The summed E-state index contributed by atoms with van der Waals surface area (Å²) >= 11 is 0. The van der Waals surface area contributed by atoms with E-state index in [2.05, 4.69) is 26.8 Å². The predicted octanol–water partition coefficient (Wildman–Crippen LogP) is 2.37. The number of hydrogen-bond donors (Lipinski definition) is 1. The molecule has 2 heterocycles. The highest BCUT2D eigenvalue weighted by Gasteiger charge is 2.14. The minimum Gasteiger partial charge on any atom is -0.366 e. The molecule has 92 valence electrons. The lowest BCUT2D eigenvalue weighted by Crippen LogP contribution is -2.31. The lowest BCUT2D eigenvalue weighted by Gasteiger charge is -2.27. The first-order valence-corrected chi connectivity index (χ1v) is 6.25. The van der Waals surface area contributed by atoms with E-state index in [4.69, 9.17) is 0 Å². The molecule has 1 aromatic rings. The zero-order valence-corrected chi connectivity index (χ0v) is 10.4. The van der Waals surface area contributed by atoms with Crippen LogP contribution in [0.2, 0.25) is 0 Å². The largest absolute Gasteiger partial charge is 0.366 e. The van der Waals surface area contributed by atoms with Crippen LogP contribution in [0.25, 0.3) is 0 Å². The summed E-state index contributed by atoms with van der Waals surface area (Å²) in [7, 11) is 0. The Hall–Kier alpha value is -1.58. The van der Waals surface area contributed by atoms with Crippen LogP contribution in [-0.2, 0) is 0 Å². The van der Waals surface area contributed by atoms with Crippen LogP contribution in [0.3, 0.4) is 0 Å². The van der Waals surface area contributed by atoms with Gasteiger partial charge < -0.3 is 10.2 Å². The van der Waals surface area contributed by atoms with E-state index >= 15 is 0 Å². The summed E-state index contributed by atoms with van der Waals surface area (Å²) in [4.78, 5) is 11.3. The van der Waals surface area contributed by atoms with E-state index in [1.165, 1.54) is 19.3 Å². The molecule has 0 aliphatic carbocycles. The number of nitrogens with zero attached hydrogens (tertiary/aromatic N) is 3. The van der Waals surface area contributed by atoms with E-state index in [0.717, 1.165) is 37.1 Å². The fraction of sp³-hybridized carbons (Fsp3) is 0.538. The minimum atomic E-state index is 0.732. The van der Waals surface area contributed by atoms with Crippen molar-refractivity contribution < 1.29 is 0 Å². The van der Waals surface area contributed by atoms with Crippen molar-refractivity contribution in [3.8, 4) is 0 Å². The molecule has 0 unspecified atom stereocenters. The van der Waals surface area contributed by atoms with Gasteiger partial charge in [-0.3, -0.25) is 0 Å². The second kappa shape index (κ2) is 5.66. The maximum atomic E-state index is 4.55. The first kappa shape index (κ1) is 11.9. The van der Waals surface area contributed by atoms with Crippen molar-refractivity contribution in [3.63, 3.8) is 0 Å². The Morgan fingerprint density at radius 1 is 1.35 bits per heavy atom. The van der Waals surface area contributed by atoms with Gasteiger partial charge in [0.15, 0.2) is 0 Å². The molecule has 0 amide bonds. The molecule has 0 radical (unpaired) electrons. The number of aromatic nitrogens is 2. The summed E-state index contributed by atoms with van der Waals surface area (Å²) in [5.41, 5.74) is 1.01. The van der Waals surface area contributed by atoms with Crippen molar-refractivity contribution in [1.29, 1.82) is 0 Å². The molecule has 4 nitrogen and oxygen atoms in total. The van der Waals surface area contributed by atoms with Gasteiger partial charge in [0.25, 0.3) is 0 Å². The van der Waals surface area contributed by atoms with Crippen molar-refractivity contribution in [2.45, 2.75) is 26.2 Å². The number of aryl methyl sites for hydroxylation is 1. The molecule has 1 fully saturated rings. The van der Waals surface area contributed by atoms with Gasteiger partial charge in [0.05, 0.1) is 0 Å². The van der Waals surface area contributed by atoms with E-state index < -0.39 is 0 Å². The Morgan fingerprint density at radius 2 is 2.12 bits per heavy atom. The Kier molecular flexibility index (Phi) is 3.96. The van der Waals surface area contributed by atoms with Gasteiger partial charge in [-0.25, -0.2) is 4.98 Å². The Balaban J connectivity index is 2.14. The van der Waals surface area contributed by atoms with Crippen LogP contribution >= 0.6 is 0 Å². The summed E-state index contributed by atoms with van der Waals surface area (Å²) < 4.78 is 0. The SMILES string of the molecule is C=CCNc1cc(C)nc(N2CCCCC2)n1. The van der Waals surface area contributed by atoms with Crippen LogP contribution in [0, 0.1) is 6.92 Å². The fourth-order valence-corrected chi connectivity index (χ4v) is 2.06. The van der Waals surface area contributed by atoms with E-state index in [9.17, 15) is 0 Å². The molecule has 1 aromatic heterocycles. The van der Waals surface area contributed by atoms with Gasteiger partial charge in [-0.05, 0) is 26.2 Å². The van der Waals surface area contributed by atoms with Gasteiger partial charge in [-0.15, -0.1) is 6.58 Å². The van der Waals surface area contributed by atoms with Crippen molar-refractivity contribution >= 4 is 11.8 Å². The topological polar surface area (TPSA) is 41.1 Å². The standard InChI is InChI=1S/C13H20N4/c1-3-7-14-12-10-11(2)15-13(16-12)17-8-5-4-6-9-17/h3,10H,1,4-9H2,2H3,(H,14,15,16). The van der Waals surface area contributed by atoms with Crippen LogP contribution < -0.4 is 10.2 Å².